The molecule has 0 saturated heterocycles. The van der Waals surface area contributed by atoms with Gasteiger partial charge in [-0.3, -0.25) is 4.90 Å². The molecule has 94 valence electrons. The van der Waals surface area contributed by atoms with Crippen molar-refractivity contribution in [2.75, 3.05) is 13.6 Å². The van der Waals surface area contributed by atoms with Gasteiger partial charge in [0.05, 0.1) is 0 Å². The zero-order valence-electron chi connectivity index (χ0n) is 11.0. The summed E-state index contributed by atoms with van der Waals surface area (Å²) in [6.45, 7) is 3.46. The van der Waals surface area contributed by atoms with Gasteiger partial charge in [0, 0.05) is 18.1 Å². The van der Waals surface area contributed by atoms with Crippen molar-refractivity contribution in [3.8, 4) is 0 Å². The van der Waals surface area contributed by atoms with E-state index in [1.807, 2.05) is 0 Å². The molecule has 2 saturated carbocycles. The SMILES string of the molecule is CCCNC1CCCCCC1N(C)C1CC1. The van der Waals surface area contributed by atoms with Crippen molar-refractivity contribution in [2.24, 2.45) is 0 Å². The Morgan fingerprint density at radius 2 is 1.81 bits per heavy atom. The number of likely N-dealkylation sites (N-methyl/N-ethyl adjacent to an activating group) is 1. The average molecular weight is 224 g/mol. The normalized spacial score (nSPS) is 31.7. The molecule has 0 aliphatic heterocycles. The van der Waals surface area contributed by atoms with Crippen molar-refractivity contribution in [3.63, 3.8) is 0 Å². The van der Waals surface area contributed by atoms with Gasteiger partial charge in [-0.15, -0.1) is 0 Å². The average Bonchev–Trinajstić information content (AvgIpc) is 3.12. The van der Waals surface area contributed by atoms with Gasteiger partial charge in [0.15, 0.2) is 0 Å². The van der Waals surface area contributed by atoms with Gasteiger partial charge in [-0.1, -0.05) is 26.2 Å². The van der Waals surface area contributed by atoms with E-state index in [2.05, 4.69) is 24.2 Å². The number of hydrogen-bond acceptors (Lipinski definition) is 2. The predicted molar refractivity (Wildman–Crippen MR) is 69.7 cm³/mol. The maximum Gasteiger partial charge on any atom is 0.0249 e. The highest BCUT2D eigenvalue weighted by molar-refractivity contribution is 4.92. The van der Waals surface area contributed by atoms with Crippen LogP contribution in [-0.4, -0.2) is 36.6 Å². The monoisotopic (exact) mass is 224 g/mol. The second-order valence-corrected chi connectivity index (χ2v) is 5.66. The lowest BCUT2D eigenvalue weighted by molar-refractivity contribution is 0.173. The summed E-state index contributed by atoms with van der Waals surface area (Å²) >= 11 is 0. The second kappa shape index (κ2) is 6.02. The third-order valence-corrected chi connectivity index (χ3v) is 4.28. The molecule has 0 radical (unpaired) electrons. The molecular formula is C14H28N2. The summed E-state index contributed by atoms with van der Waals surface area (Å²) in [6.07, 6.45) is 11.2. The van der Waals surface area contributed by atoms with Crippen LogP contribution in [0.2, 0.25) is 0 Å². The first-order valence-electron chi connectivity index (χ1n) is 7.28. The number of rotatable bonds is 5. The number of nitrogens with one attached hydrogen (secondary N) is 1. The molecule has 0 amide bonds. The first-order valence-corrected chi connectivity index (χ1v) is 7.28. The summed E-state index contributed by atoms with van der Waals surface area (Å²) in [5.74, 6) is 0. The summed E-state index contributed by atoms with van der Waals surface area (Å²) in [5, 5.41) is 3.78. The van der Waals surface area contributed by atoms with Gasteiger partial charge in [-0.25, -0.2) is 0 Å². The van der Waals surface area contributed by atoms with Crippen LogP contribution in [-0.2, 0) is 0 Å². The van der Waals surface area contributed by atoms with Crippen LogP contribution in [0.5, 0.6) is 0 Å². The van der Waals surface area contributed by atoms with E-state index in [0.717, 1.165) is 18.1 Å². The van der Waals surface area contributed by atoms with Crippen LogP contribution in [0.4, 0.5) is 0 Å². The molecule has 16 heavy (non-hydrogen) atoms. The Balaban J connectivity index is 1.91. The Bertz CT molecular complexity index is 201. The lowest BCUT2D eigenvalue weighted by Crippen LogP contribution is -2.49. The highest BCUT2D eigenvalue weighted by atomic mass is 15.2. The zero-order chi connectivity index (χ0) is 11.4. The Hall–Kier alpha value is -0.0800. The van der Waals surface area contributed by atoms with Gasteiger partial charge >= 0.3 is 0 Å². The van der Waals surface area contributed by atoms with Gasteiger partial charge in [0.1, 0.15) is 0 Å². The van der Waals surface area contributed by atoms with E-state index in [4.69, 9.17) is 0 Å². The lowest BCUT2D eigenvalue weighted by Gasteiger charge is -2.34. The summed E-state index contributed by atoms with van der Waals surface area (Å²) in [4.78, 5) is 2.68. The smallest absolute Gasteiger partial charge is 0.0249 e. The molecule has 2 nitrogen and oxygen atoms in total. The van der Waals surface area contributed by atoms with E-state index in [-0.39, 0.29) is 0 Å². The van der Waals surface area contributed by atoms with Crippen molar-refractivity contribution in [1.29, 1.82) is 0 Å². The van der Waals surface area contributed by atoms with Crippen LogP contribution < -0.4 is 5.32 Å². The van der Waals surface area contributed by atoms with E-state index < -0.39 is 0 Å². The van der Waals surface area contributed by atoms with Crippen LogP contribution in [0.15, 0.2) is 0 Å². The summed E-state index contributed by atoms with van der Waals surface area (Å²) < 4.78 is 0. The predicted octanol–water partition coefficient (Wildman–Crippen LogP) is 2.78. The molecule has 2 aliphatic carbocycles. The number of nitrogens with zero attached hydrogens (tertiary/aromatic N) is 1. The molecule has 2 unspecified atom stereocenters. The minimum atomic E-state index is 0.757. The Morgan fingerprint density at radius 1 is 1.06 bits per heavy atom. The zero-order valence-corrected chi connectivity index (χ0v) is 11.0. The van der Waals surface area contributed by atoms with Crippen molar-refractivity contribution < 1.29 is 0 Å². The minimum Gasteiger partial charge on any atom is -0.312 e. The van der Waals surface area contributed by atoms with Gasteiger partial charge in [0.25, 0.3) is 0 Å². The highest BCUT2D eigenvalue weighted by Crippen LogP contribution is 2.31. The standard InChI is InChI=1S/C14H28N2/c1-3-11-15-13-7-5-4-6-8-14(13)16(2)12-9-10-12/h12-15H,3-11H2,1-2H3. The van der Waals surface area contributed by atoms with Crippen LogP contribution in [0.1, 0.15) is 58.3 Å². The molecule has 0 spiro atoms. The minimum absolute atomic E-state index is 0.757. The fraction of sp³-hybridized carbons (Fsp3) is 1.00. The molecule has 2 aliphatic rings. The maximum absolute atomic E-state index is 3.78. The van der Waals surface area contributed by atoms with E-state index in [1.165, 1.54) is 57.9 Å². The lowest BCUT2D eigenvalue weighted by atomic mass is 10.0. The van der Waals surface area contributed by atoms with Crippen LogP contribution >= 0.6 is 0 Å². The molecule has 2 atom stereocenters. The molecule has 0 aromatic heterocycles. The molecule has 0 bridgehead atoms. The third-order valence-electron chi connectivity index (χ3n) is 4.28. The fourth-order valence-corrected chi connectivity index (χ4v) is 3.10. The molecule has 0 aromatic carbocycles. The van der Waals surface area contributed by atoms with E-state index in [0.29, 0.717) is 0 Å². The van der Waals surface area contributed by atoms with Crippen LogP contribution in [0.3, 0.4) is 0 Å². The van der Waals surface area contributed by atoms with E-state index in [1.54, 1.807) is 0 Å². The molecule has 2 rings (SSSR count). The molecule has 0 aromatic rings. The van der Waals surface area contributed by atoms with E-state index >= 15 is 0 Å². The quantitative estimate of drug-likeness (QED) is 0.722. The molecular weight excluding hydrogens is 196 g/mol. The van der Waals surface area contributed by atoms with Crippen LogP contribution in [0, 0.1) is 0 Å². The largest absolute Gasteiger partial charge is 0.312 e. The van der Waals surface area contributed by atoms with Crippen molar-refractivity contribution >= 4 is 0 Å². The third kappa shape index (κ3) is 3.21. The van der Waals surface area contributed by atoms with Crippen molar-refractivity contribution in [1.82, 2.24) is 10.2 Å². The topological polar surface area (TPSA) is 15.3 Å². The number of hydrogen-bond donors (Lipinski definition) is 1. The Kier molecular flexibility index (Phi) is 4.66. The second-order valence-electron chi connectivity index (χ2n) is 5.66. The first kappa shape index (κ1) is 12.4. The highest BCUT2D eigenvalue weighted by Gasteiger charge is 2.35. The van der Waals surface area contributed by atoms with Gasteiger partial charge in [-0.2, -0.15) is 0 Å². The molecule has 0 heterocycles. The van der Waals surface area contributed by atoms with Gasteiger partial charge in [-0.05, 0) is 45.7 Å². The van der Waals surface area contributed by atoms with Crippen molar-refractivity contribution in [3.05, 3.63) is 0 Å². The van der Waals surface area contributed by atoms with Crippen molar-refractivity contribution in [2.45, 2.75) is 76.4 Å². The molecule has 2 fully saturated rings. The van der Waals surface area contributed by atoms with Gasteiger partial charge < -0.3 is 5.32 Å². The molecule has 2 heteroatoms. The van der Waals surface area contributed by atoms with E-state index in [9.17, 15) is 0 Å². The Morgan fingerprint density at radius 3 is 2.50 bits per heavy atom. The van der Waals surface area contributed by atoms with Gasteiger partial charge in [0.2, 0.25) is 0 Å². The Labute approximate surface area is 101 Å². The van der Waals surface area contributed by atoms with Crippen LogP contribution in [0.25, 0.3) is 0 Å². The maximum atomic E-state index is 3.78. The summed E-state index contributed by atoms with van der Waals surface area (Å²) in [5.41, 5.74) is 0. The fourth-order valence-electron chi connectivity index (χ4n) is 3.10. The summed E-state index contributed by atoms with van der Waals surface area (Å²) in [6, 6.07) is 2.48. The molecule has 1 N–H and O–H groups in total. The summed E-state index contributed by atoms with van der Waals surface area (Å²) in [7, 11) is 2.36. The first-order chi connectivity index (χ1) is 7.83.